The van der Waals surface area contributed by atoms with Gasteiger partial charge in [-0.15, -0.1) is 0 Å². The number of benzene rings is 1. The van der Waals surface area contributed by atoms with Crippen LogP contribution in [0.5, 0.6) is 0 Å². The van der Waals surface area contributed by atoms with Crippen LogP contribution >= 0.6 is 10.2 Å². The van der Waals surface area contributed by atoms with Crippen molar-refractivity contribution < 1.29 is 14.7 Å². The molecule has 29 heavy (non-hydrogen) atoms. The molecule has 150 valence electrons. The van der Waals surface area contributed by atoms with Gasteiger partial charge >= 0.3 is 0 Å². The molecule has 0 aliphatic rings. The highest BCUT2D eigenvalue weighted by molar-refractivity contribution is 8.32. The van der Waals surface area contributed by atoms with Crippen LogP contribution in [0.15, 0.2) is 77.0 Å². The molecule has 0 saturated heterocycles. The number of nitrogens with one attached hydrogen (secondary N) is 2. The molecule has 3 rings (SSSR count). The van der Waals surface area contributed by atoms with Gasteiger partial charge in [0, 0.05) is 29.2 Å². The van der Waals surface area contributed by atoms with Gasteiger partial charge in [-0.25, -0.2) is 4.98 Å². The van der Waals surface area contributed by atoms with Crippen LogP contribution in [0.3, 0.4) is 0 Å². The van der Waals surface area contributed by atoms with E-state index in [4.69, 9.17) is 0 Å². The lowest BCUT2D eigenvalue weighted by Gasteiger charge is -2.37. The van der Waals surface area contributed by atoms with Crippen molar-refractivity contribution in [3.05, 3.63) is 78.2 Å². The molecule has 1 unspecified atom stereocenters. The molecule has 2 heterocycles. The van der Waals surface area contributed by atoms with Gasteiger partial charge in [-0.05, 0) is 55.1 Å². The topological polar surface area (TPSA) is 104 Å². The first-order valence-electron chi connectivity index (χ1n) is 8.87. The van der Waals surface area contributed by atoms with Gasteiger partial charge in [0.05, 0.1) is 5.56 Å². The van der Waals surface area contributed by atoms with Crippen molar-refractivity contribution >= 4 is 27.7 Å². The molecule has 1 atom stereocenters. The molecule has 7 nitrogen and oxygen atoms in total. The lowest BCUT2D eigenvalue weighted by molar-refractivity contribution is -0.121. The fourth-order valence-corrected chi connectivity index (χ4v) is 5.40. The van der Waals surface area contributed by atoms with E-state index in [0.29, 0.717) is 16.3 Å². The summed E-state index contributed by atoms with van der Waals surface area (Å²) in [5.41, 5.74) is 2.04. The minimum absolute atomic E-state index is 0.329. The van der Waals surface area contributed by atoms with Gasteiger partial charge < -0.3 is 15.1 Å². The molecule has 0 spiro atoms. The number of carbonyl (C=O) groups excluding carboxylic acids is 2. The zero-order valence-electron chi connectivity index (χ0n) is 16.1. The average Bonchev–Trinajstić information content (AvgIpc) is 2.74. The lowest BCUT2D eigenvalue weighted by atomic mass is 10.2. The van der Waals surface area contributed by atoms with E-state index in [0.717, 1.165) is 10.5 Å². The molecule has 2 aromatic heterocycles. The van der Waals surface area contributed by atoms with Crippen molar-refractivity contribution in [1.29, 1.82) is 0 Å². The summed E-state index contributed by atoms with van der Waals surface area (Å²) in [4.78, 5) is 34.4. The number of aromatic nitrogens is 2. The Balaban J connectivity index is 2.06. The molecule has 0 saturated carbocycles. The van der Waals surface area contributed by atoms with Gasteiger partial charge in [-0.3, -0.25) is 14.6 Å². The molecular formula is C21H22N4O3S. The Bertz CT molecular complexity index is 1030. The number of carbonyl (C=O) groups is 2. The molecule has 8 heteroatoms. The van der Waals surface area contributed by atoms with Crippen molar-refractivity contribution in [2.75, 3.05) is 18.2 Å². The second kappa shape index (κ2) is 8.85. The minimum atomic E-state index is -2.26. The molecule has 3 N–H and O–H groups in total. The number of amides is 2. The summed E-state index contributed by atoms with van der Waals surface area (Å²) in [6.45, 7) is 1.28. The highest BCUT2D eigenvalue weighted by Gasteiger charge is 2.31. The van der Waals surface area contributed by atoms with E-state index >= 15 is 0 Å². The van der Waals surface area contributed by atoms with Crippen LogP contribution in [0.25, 0.3) is 0 Å². The van der Waals surface area contributed by atoms with E-state index in [9.17, 15) is 14.7 Å². The van der Waals surface area contributed by atoms with Crippen LogP contribution < -0.4 is 10.0 Å². The van der Waals surface area contributed by atoms with E-state index < -0.39 is 22.7 Å². The van der Waals surface area contributed by atoms with Crippen LogP contribution in [-0.2, 0) is 4.79 Å². The molecular weight excluding hydrogens is 388 g/mol. The fourth-order valence-electron chi connectivity index (χ4n) is 2.90. The van der Waals surface area contributed by atoms with Crippen molar-refractivity contribution in [1.82, 2.24) is 14.7 Å². The monoisotopic (exact) mass is 410 g/mol. The van der Waals surface area contributed by atoms with Gasteiger partial charge in [0.2, 0.25) is 0 Å². The molecule has 3 aromatic rings. The Morgan fingerprint density at radius 1 is 1.07 bits per heavy atom. The number of hydrogen-bond donors (Lipinski definition) is 3. The Kier molecular flexibility index (Phi) is 6.26. The second-order valence-corrected chi connectivity index (χ2v) is 9.36. The van der Waals surface area contributed by atoms with Crippen LogP contribution in [0.2, 0.25) is 0 Å². The fraction of sp³-hybridized carbons (Fsp3) is 0.143. The van der Waals surface area contributed by atoms with Gasteiger partial charge in [-0.2, -0.15) is 0 Å². The van der Waals surface area contributed by atoms with E-state index in [1.165, 1.54) is 0 Å². The third-order valence-corrected chi connectivity index (χ3v) is 7.21. The number of aryl methyl sites for hydroxylation is 1. The zero-order valence-corrected chi connectivity index (χ0v) is 16.9. The lowest BCUT2D eigenvalue weighted by Crippen LogP contribution is -2.31. The van der Waals surface area contributed by atoms with Crippen molar-refractivity contribution in [3.63, 3.8) is 0 Å². The van der Waals surface area contributed by atoms with Gasteiger partial charge in [0.25, 0.3) is 11.8 Å². The summed E-state index contributed by atoms with van der Waals surface area (Å²) in [6.07, 6.45) is 6.63. The van der Waals surface area contributed by atoms with Crippen LogP contribution in [0.4, 0.5) is 5.69 Å². The number of aliphatic hydroxyl groups is 1. The minimum Gasteiger partial charge on any atom is -0.387 e. The molecule has 0 aliphatic carbocycles. The zero-order chi connectivity index (χ0) is 20.9. The number of hydrogen-bond acceptors (Lipinski definition) is 5. The Labute approximate surface area is 170 Å². The highest BCUT2D eigenvalue weighted by atomic mass is 32.3. The maximum Gasteiger partial charge on any atom is 0.258 e. The quantitative estimate of drug-likeness (QED) is 0.580. The summed E-state index contributed by atoms with van der Waals surface area (Å²) in [6, 6.07) is 14.4. The van der Waals surface area contributed by atoms with Crippen molar-refractivity contribution in [2.45, 2.75) is 16.8 Å². The highest BCUT2D eigenvalue weighted by Crippen LogP contribution is 2.56. The molecule has 2 amide bonds. The number of pyridine rings is 2. The maximum atomic E-state index is 13.1. The summed E-state index contributed by atoms with van der Waals surface area (Å²) in [7, 11) is -2.26. The Morgan fingerprint density at radius 3 is 2.52 bits per heavy atom. The van der Waals surface area contributed by atoms with Crippen LogP contribution in [0, 0.1) is 6.92 Å². The maximum absolute atomic E-state index is 13.1. The summed E-state index contributed by atoms with van der Waals surface area (Å²) in [5, 5.41) is 12.6. The predicted molar refractivity (Wildman–Crippen MR) is 113 cm³/mol. The first kappa shape index (κ1) is 20.5. The van der Waals surface area contributed by atoms with E-state index in [-0.39, 0.29) is 5.91 Å². The molecule has 0 fully saturated rings. The number of nitrogens with zero attached hydrogens (tertiary/aromatic N) is 2. The van der Waals surface area contributed by atoms with Gasteiger partial charge in [0.15, 0.2) is 0 Å². The Morgan fingerprint density at radius 2 is 1.83 bits per heavy atom. The summed E-state index contributed by atoms with van der Waals surface area (Å²) < 4.78 is 2.87. The molecule has 0 bridgehead atoms. The van der Waals surface area contributed by atoms with Gasteiger partial charge in [0.1, 0.15) is 11.6 Å². The van der Waals surface area contributed by atoms with E-state index in [1.54, 1.807) is 42.9 Å². The third kappa shape index (κ3) is 4.61. The largest absolute Gasteiger partial charge is 0.387 e. The molecule has 0 radical (unpaired) electrons. The van der Waals surface area contributed by atoms with E-state index in [2.05, 4.69) is 20.0 Å². The number of rotatable bonds is 6. The first-order chi connectivity index (χ1) is 13.9. The molecule has 0 aliphatic heterocycles. The van der Waals surface area contributed by atoms with E-state index in [1.807, 2.05) is 37.4 Å². The standard InChI is InChI=1S/C21H22N4O3S/c1-15-5-3-6-16(13-15)24-20(28)18-7-4-10-23-21(18)29(2,25-19(27)14-26)17-8-11-22-12-9-17/h3-13,26H,14H2,1-2H3,(H,24,28)(H,25,27). The smallest absolute Gasteiger partial charge is 0.258 e. The molecule has 1 aromatic carbocycles. The average molecular weight is 410 g/mol. The summed E-state index contributed by atoms with van der Waals surface area (Å²) >= 11 is 0. The predicted octanol–water partition coefficient (Wildman–Crippen LogP) is 2.91. The second-order valence-electron chi connectivity index (χ2n) is 6.46. The summed E-state index contributed by atoms with van der Waals surface area (Å²) in [5.74, 6) is -0.875. The van der Waals surface area contributed by atoms with Crippen LogP contribution in [-0.4, -0.2) is 39.8 Å². The van der Waals surface area contributed by atoms with Crippen molar-refractivity contribution in [3.8, 4) is 0 Å². The SMILES string of the molecule is Cc1cccc(NC(=O)c2cccnc2S(C)(NC(=O)CO)c2ccncc2)c1. The van der Waals surface area contributed by atoms with Crippen molar-refractivity contribution in [2.24, 2.45) is 0 Å². The first-order valence-corrected chi connectivity index (χ1v) is 10.9. The number of aliphatic hydroxyl groups excluding tert-OH is 1. The van der Waals surface area contributed by atoms with Gasteiger partial charge in [-0.1, -0.05) is 22.3 Å². The normalized spacial score (nSPS) is 13.8. The number of anilines is 1. The third-order valence-electron chi connectivity index (χ3n) is 4.26. The Hall–Kier alpha value is -3.23. The van der Waals surface area contributed by atoms with Crippen LogP contribution in [0.1, 0.15) is 15.9 Å².